The van der Waals surface area contributed by atoms with Gasteiger partial charge < -0.3 is 13.3 Å². The first-order valence-electron chi connectivity index (χ1n) is 5.18. The summed E-state index contributed by atoms with van der Waals surface area (Å²) >= 11 is 0. The minimum Gasteiger partial charge on any atom is -0.376 e. The average Bonchev–Trinajstić information content (AvgIpc) is 2.78. The van der Waals surface area contributed by atoms with Gasteiger partial charge in [-0.05, 0) is 12.1 Å². The summed E-state index contributed by atoms with van der Waals surface area (Å²) in [5, 5.41) is 8.68. The monoisotopic (exact) mass is 253 g/mol. The fourth-order valence-corrected chi connectivity index (χ4v) is 2.97. The van der Waals surface area contributed by atoms with E-state index in [9.17, 15) is 0 Å². The fraction of sp³-hybridized carbons (Fsp3) is 0.400. The van der Waals surface area contributed by atoms with E-state index >= 15 is 0 Å². The number of aromatic nitrogens is 3. The summed E-state index contributed by atoms with van der Waals surface area (Å²) in [6.07, 6.45) is 0.394. The molecule has 0 atom stereocenters. The summed E-state index contributed by atoms with van der Waals surface area (Å²) in [6.45, 7) is 0. The second kappa shape index (κ2) is 4.92. The minimum absolute atomic E-state index is 0.394. The van der Waals surface area contributed by atoms with Gasteiger partial charge in [0.1, 0.15) is 17.2 Å². The van der Waals surface area contributed by atoms with Crippen LogP contribution >= 0.6 is 0 Å². The van der Waals surface area contributed by atoms with Crippen molar-refractivity contribution in [2.75, 3.05) is 21.3 Å². The molecule has 2 aromatic rings. The number of hydrogen-bond acceptors (Lipinski definition) is 5. The highest BCUT2D eigenvalue weighted by molar-refractivity contribution is 6.59. The highest BCUT2D eigenvalue weighted by Gasteiger charge is 2.39. The van der Waals surface area contributed by atoms with Crippen LogP contribution in [0, 0.1) is 0 Å². The fourth-order valence-electron chi connectivity index (χ4n) is 1.59. The molecule has 0 fully saturated rings. The molecule has 0 N–H and O–H groups in total. The summed E-state index contributed by atoms with van der Waals surface area (Å²) in [4.78, 5) is 1.56. The lowest BCUT2D eigenvalue weighted by molar-refractivity contribution is 0.113. The molecule has 1 aromatic heterocycles. The summed E-state index contributed by atoms with van der Waals surface area (Å²) in [7, 11) is 2.03. The number of nitrogens with zero attached hydrogens (tertiary/aromatic N) is 3. The van der Waals surface area contributed by atoms with Crippen molar-refractivity contribution in [3.05, 3.63) is 24.3 Å². The molecule has 0 radical (unpaired) electrons. The third-order valence-electron chi connectivity index (χ3n) is 2.60. The van der Waals surface area contributed by atoms with Gasteiger partial charge in [0, 0.05) is 21.3 Å². The lowest BCUT2D eigenvalue weighted by Crippen LogP contribution is -2.48. The van der Waals surface area contributed by atoms with Crippen molar-refractivity contribution in [2.24, 2.45) is 0 Å². The van der Waals surface area contributed by atoms with Crippen LogP contribution in [0.3, 0.4) is 0 Å². The average molecular weight is 253 g/mol. The van der Waals surface area contributed by atoms with Gasteiger partial charge in [0.2, 0.25) is 0 Å². The number of hydrogen-bond donors (Lipinski definition) is 0. The summed E-state index contributed by atoms with van der Waals surface area (Å²) < 4.78 is 16.0. The van der Waals surface area contributed by atoms with Crippen LogP contribution in [0.25, 0.3) is 11.0 Å². The molecule has 6 nitrogen and oxygen atoms in total. The minimum atomic E-state index is -2.68. The highest BCUT2D eigenvalue weighted by Crippen LogP contribution is 2.11. The Morgan fingerprint density at radius 2 is 1.47 bits per heavy atom. The Morgan fingerprint density at radius 1 is 1.00 bits per heavy atom. The maximum atomic E-state index is 5.33. The Bertz CT molecular complexity index is 457. The molecule has 0 aliphatic heterocycles. The molecule has 1 heterocycles. The van der Waals surface area contributed by atoms with Gasteiger partial charge >= 0.3 is 8.80 Å². The lowest BCUT2D eigenvalue weighted by atomic mass is 10.3. The standard InChI is InChI=1S/C10H15N3O3Si/c1-14-17(15-2,16-3)8-13-11-9-6-4-5-7-10(9)12-13/h4-7H,8H2,1-3H3. The van der Waals surface area contributed by atoms with Gasteiger partial charge in [0.25, 0.3) is 0 Å². The summed E-state index contributed by atoms with van der Waals surface area (Å²) in [5.41, 5.74) is 1.69. The van der Waals surface area contributed by atoms with Crippen molar-refractivity contribution < 1.29 is 13.3 Å². The molecule has 0 unspecified atom stereocenters. The largest absolute Gasteiger partial charge is 0.524 e. The number of fused-ring (bicyclic) bond motifs is 1. The second-order valence-electron chi connectivity index (χ2n) is 3.51. The van der Waals surface area contributed by atoms with E-state index in [0.29, 0.717) is 6.17 Å². The molecule has 0 saturated heterocycles. The zero-order valence-electron chi connectivity index (χ0n) is 10.1. The van der Waals surface area contributed by atoms with Crippen molar-refractivity contribution in [3.63, 3.8) is 0 Å². The summed E-state index contributed by atoms with van der Waals surface area (Å²) in [6, 6.07) is 7.67. The van der Waals surface area contributed by atoms with Crippen LogP contribution in [-0.2, 0) is 19.4 Å². The second-order valence-corrected chi connectivity index (χ2v) is 6.42. The maximum absolute atomic E-state index is 5.33. The van der Waals surface area contributed by atoms with Crippen molar-refractivity contribution in [3.8, 4) is 0 Å². The molecule has 2 rings (SSSR count). The predicted octanol–water partition coefficient (Wildman–Crippen LogP) is 0.849. The molecule has 0 saturated carbocycles. The van der Waals surface area contributed by atoms with Gasteiger partial charge in [-0.2, -0.15) is 15.0 Å². The SMILES string of the molecule is CO[Si](Cn1nc2ccccc2n1)(OC)OC. The van der Waals surface area contributed by atoms with E-state index < -0.39 is 8.80 Å². The zero-order valence-corrected chi connectivity index (χ0v) is 11.1. The van der Waals surface area contributed by atoms with Crippen molar-refractivity contribution in [1.82, 2.24) is 15.0 Å². The highest BCUT2D eigenvalue weighted by atomic mass is 28.4. The molecular formula is C10H15N3O3Si. The van der Waals surface area contributed by atoms with Crippen molar-refractivity contribution in [2.45, 2.75) is 6.17 Å². The van der Waals surface area contributed by atoms with Crippen molar-refractivity contribution in [1.29, 1.82) is 0 Å². The zero-order chi connectivity index (χ0) is 12.3. The van der Waals surface area contributed by atoms with E-state index in [4.69, 9.17) is 13.3 Å². The van der Waals surface area contributed by atoms with Gasteiger partial charge in [-0.1, -0.05) is 12.1 Å². The van der Waals surface area contributed by atoms with Crippen LogP contribution in [0.15, 0.2) is 24.3 Å². The Labute approximate surface area is 100 Å². The molecular weight excluding hydrogens is 238 g/mol. The van der Waals surface area contributed by atoms with E-state index in [1.54, 1.807) is 26.1 Å². The Balaban J connectivity index is 2.28. The van der Waals surface area contributed by atoms with E-state index in [0.717, 1.165) is 11.0 Å². The first-order valence-corrected chi connectivity index (χ1v) is 7.11. The molecule has 92 valence electrons. The van der Waals surface area contributed by atoms with Gasteiger partial charge in [0.05, 0.1) is 0 Å². The van der Waals surface area contributed by atoms with E-state index in [1.807, 2.05) is 24.3 Å². The van der Waals surface area contributed by atoms with Crippen LogP contribution in [0.4, 0.5) is 0 Å². The molecule has 1 aromatic carbocycles. The van der Waals surface area contributed by atoms with Crippen LogP contribution in [-0.4, -0.2) is 45.1 Å². The summed E-state index contributed by atoms with van der Waals surface area (Å²) in [5.74, 6) is 0. The third kappa shape index (κ3) is 2.37. The van der Waals surface area contributed by atoms with E-state index in [-0.39, 0.29) is 0 Å². The normalized spacial score (nSPS) is 12.2. The van der Waals surface area contributed by atoms with Crippen LogP contribution < -0.4 is 0 Å². The number of rotatable bonds is 5. The van der Waals surface area contributed by atoms with Gasteiger partial charge in [0.15, 0.2) is 0 Å². The first-order chi connectivity index (χ1) is 8.23. The molecule has 0 aliphatic carbocycles. The third-order valence-corrected chi connectivity index (χ3v) is 5.13. The molecule has 0 bridgehead atoms. The van der Waals surface area contributed by atoms with Crippen LogP contribution in [0.2, 0.25) is 0 Å². The maximum Gasteiger partial charge on any atom is 0.524 e. The molecule has 17 heavy (non-hydrogen) atoms. The molecule has 7 heteroatoms. The van der Waals surface area contributed by atoms with Crippen LogP contribution in [0.5, 0.6) is 0 Å². The first kappa shape index (κ1) is 12.2. The molecule has 0 spiro atoms. The van der Waals surface area contributed by atoms with Crippen LogP contribution in [0.1, 0.15) is 0 Å². The van der Waals surface area contributed by atoms with E-state index in [2.05, 4.69) is 10.2 Å². The molecule has 0 aliphatic rings. The van der Waals surface area contributed by atoms with Crippen molar-refractivity contribution >= 4 is 19.8 Å². The Kier molecular flexibility index (Phi) is 3.53. The predicted molar refractivity (Wildman–Crippen MR) is 64.3 cm³/mol. The lowest BCUT2D eigenvalue weighted by Gasteiger charge is -2.23. The van der Waals surface area contributed by atoms with Gasteiger partial charge in [-0.3, -0.25) is 0 Å². The Morgan fingerprint density at radius 3 is 1.88 bits per heavy atom. The molecule has 0 amide bonds. The quantitative estimate of drug-likeness (QED) is 0.739. The number of benzene rings is 1. The van der Waals surface area contributed by atoms with E-state index in [1.165, 1.54) is 0 Å². The van der Waals surface area contributed by atoms with Gasteiger partial charge in [-0.15, -0.1) is 0 Å². The topological polar surface area (TPSA) is 58.4 Å². The smallest absolute Gasteiger partial charge is 0.376 e. The van der Waals surface area contributed by atoms with Gasteiger partial charge in [-0.25, -0.2) is 0 Å². The Hall–Kier alpha value is -1.28.